The Hall–Kier alpha value is -3.76. The second kappa shape index (κ2) is 10.7. The van der Waals surface area contributed by atoms with Crippen LogP contribution in [0.25, 0.3) is 10.2 Å². The number of anilines is 3. The van der Waals surface area contributed by atoms with E-state index in [2.05, 4.69) is 25.3 Å². The summed E-state index contributed by atoms with van der Waals surface area (Å²) < 4.78 is 24.0. The largest absolute Gasteiger partial charge is 0.444 e. The fourth-order valence-electron chi connectivity index (χ4n) is 3.42. The zero-order valence-electron chi connectivity index (χ0n) is 20.6. The van der Waals surface area contributed by atoms with E-state index in [4.69, 9.17) is 16.3 Å². The molecule has 0 unspecified atom stereocenters. The number of ether oxygens (including phenoxy) is 1. The molecular formula is C26H25ClFN5O3S. The predicted octanol–water partition coefficient (Wildman–Crippen LogP) is 6.81. The van der Waals surface area contributed by atoms with Crippen molar-refractivity contribution >= 4 is 62.5 Å². The van der Waals surface area contributed by atoms with Gasteiger partial charge in [0.2, 0.25) is 0 Å². The van der Waals surface area contributed by atoms with Gasteiger partial charge < -0.3 is 20.7 Å². The number of rotatable bonds is 6. The second-order valence-corrected chi connectivity index (χ2v) is 10.5. The lowest BCUT2D eigenvalue weighted by Gasteiger charge is -2.19. The van der Waals surface area contributed by atoms with Crippen LogP contribution in [0.4, 0.5) is 26.4 Å². The number of fused-ring (bicyclic) bond motifs is 1. The van der Waals surface area contributed by atoms with Crippen LogP contribution >= 0.6 is 23.1 Å². The third-order valence-corrected chi connectivity index (χ3v) is 6.37. The molecular weight excluding hydrogens is 517 g/mol. The predicted molar refractivity (Wildman–Crippen MR) is 144 cm³/mol. The maximum Gasteiger partial charge on any atom is 0.407 e. The number of alkyl carbamates (subject to hydrolysis) is 1. The van der Waals surface area contributed by atoms with Crippen LogP contribution in [0.5, 0.6) is 0 Å². The summed E-state index contributed by atoms with van der Waals surface area (Å²) in [6.45, 7) is 7.35. The molecule has 0 atom stereocenters. The Balaban J connectivity index is 1.52. The molecule has 8 nitrogen and oxygen atoms in total. The van der Waals surface area contributed by atoms with Crippen molar-refractivity contribution in [3.63, 3.8) is 0 Å². The van der Waals surface area contributed by atoms with Gasteiger partial charge in [-0.3, -0.25) is 9.78 Å². The van der Waals surface area contributed by atoms with Gasteiger partial charge in [-0.05, 0) is 80.7 Å². The molecule has 2 heterocycles. The van der Waals surface area contributed by atoms with Crippen molar-refractivity contribution in [2.45, 2.75) is 39.8 Å². The minimum atomic E-state index is -0.618. The monoisotopic (exact) mass is 541 g/mol. The fraction of sp³-hybridized carbons (Fsp3) is 0.231. The normalized spacial score (nSPS) is 11.3. The van der Waals surface area contributed by atoms with Gasteiger partial charge >= 0.3 is 6.09 Å². The molecule has 0 bridgehead atoms. The molecule has 0 spiro atoms. The zero-order valence-corrected chi connectivity index (χ0v) is 22.2. The van der Waals surface area contributed by atoms with Gasteiger partial charge in [0.25, 0.3) is 5.91 Å². The van der Waals surface area contributed by atoms with E-state index >= 15 is 0 Å². The molecule has 11 heteroatoms. The van der Waals surface area contributed by atoms with Gasteiger partial charge in [0, 0.05) is 18.4 Å². The lowest BCUT2D eigenvalue weighted by Crippen LogP contribution is -2.32. The Morgan fingerprint density at radius 1 is 1.11 bits per heavy atom. The molecule has 0 aliphatic carbocycles. The van der Waals surface area contributed by atoms with Crippen molar-refractivity contribution in [2.24, 2.45) is 0 Å². The average Bonchev–Trinajstić information content (AvgIpc) is 3.23. The number of carbonyl (C=O) groups is 2. The molecule has 4 aromatic rings. The smallest absolute Gasteiger partial charge is 0.407 e. The molecule has 0 saturated heterocycles. The highest BCUT2D eigenvalue weighted by Crippen LogP contribution is 2.34. The van der Waals surface area contributed by atoms with E-state index in [0.29, 0.717) is 33.0 Å². The van der Waals surface area contributed by atoms with E-state index in [1.807, 2.05) is 6.92 Å². The Labute approximate surface area is 222 Å². The molecule has 0 saturated carbocycles. The van der Waals surface area contributed by atoms with Crippen LogP contribution in [0.3, 0.4) is 0 Å². The minimum Gasteiger partial charge on any atom is -0.444 e. The van der Waals surface area contributed by atoms with E-state index in [-0.39, 0.29) is 22.9 Å². The molecule has 3 N–H and O–H groups in total. The maximum absolute atomic E-state index is 13.7. The lowest BCUT2D eigenvalue weighted by molar-refractivity contribution is 0.0523. The fourth-order valence-corrected chi connectivity index (χ4v) is 4.39. The van der Waals surface area contributed by atoms with Crippen LogP contribution in [-0.4, -0.2) is 27.0 Å². The first kappa shape index (κ1) is 26.3. The maximum atomic E-state index is 13.7. The molecule has 0 radical (unpaired) electrons. The molecule has 4 rings (SSSR count). The molecule has 0 aliphatic rings. The Bertz CT molecular complexity index is 1490. The Morgan fingerprint density at radius 2 is 1.89 bits per heavy atom. The number of aryl methyl sites for hydroxylation is 1. The van der Waals surface area contributed by atoms with E-state index in [1.165, 1.54) is 12.1 Å². The van der Waals surface area contributed by atoms with Crippen molar-refractivity contribution < 1.29 is 18.7 Å². The van der Waals surface area contributed by atoms with Crippen LogP contribution in [0.1, 0.15) is 42.3 Å². The molecule has 0 aliphatic heterocycles. The number of amides is 2. The second-order valence-electron chi connectivity index (χ2n) is 9.28. The number of aromatic nitrogens is 2. The number of carbonyl (C=O) groups excluding carboxylic acids is 2. The molecule has 0 fully saturated rings. The number of nitrogens with one attached hydrogen (secondary N) is 3. The highest BCUT2D eigenvalue weighted by molar-refractivity contribution is 7.14. The minimum absolute atomic E-state index is 0.162. The molecule has 37 heavy (non-hydrogen) atoms. The van der Waals surface area contributed by atoms with E-state index < -0.39 is 17.6 Å². The van der Waals surface area contributed by atoms with Crippen molar-refractivity contribution in [2.75, 3.05) is 10.6 Å². The summed E-state index contributed by atoms with van der Waals surface area (Å²) in [5, 5.41) is 8.92. The van der Waals surface area contributed by atoms with Crippen molar-refractivity contribution in [1.82, 2.24) is 14.7 Å². The molecule has 2 amide bonds. The summed E-state index contributed by atoms with van der Waals surface area (Å²) in [6.07, 6.45) is 0.995. The van der Waals surface area contributed by atoms with Crippen LogP contribution in [0.2, 0.25) is 5.02 Å². The number of nitrogens with zero attached hydrogens (tertiary/aromatic N) is 2. The van der Waals surface area contributed by atoms with Crippen LogP contribution < -0.4 is 16.0 Å². The van der Waals surface area contributed by atoms with Gasteiger partial charge in [-0.2, -0.15) is 4.37 Å². The van der Waals surface area contributed by atoms with Crippen molar-refractivity contribution in [1.29, 1.82) is 0 Å². The first-order chi connectivity index (χ1) is 17.5. The van der Waals surface area contributed by atoms with Crippen LogP contribution in [-0.2, 0) is 11.3 Å². The van der Waals surface area contributed by atoms with Gasteiger partial charge in [-0.25, -0.2) is 9.18 Å². The number of hydrogen-bond donors (Lipinski definition) is 3. The third-order valence-electron chi connectivity index (χ3n) is 5.17. The topological polar surface area (TPSA) is 105 Å². The summed E-state index contributed by atoms with van der Waals surface area (Å²) in [4.78, 5) is 29.5. The SMILES string of the molecule is Cc1ccc(F)cc1Nc1nsc2c(NC(=O)c3cc(CNC(=O)OC(C)(C)C)ccc3Cl)ccnc12. The van der Waals surface area contributed by atoms with E-state index in [0.717, 1.165) is 17.1 Å². The highest BCUT2D eigenvalue weighted by Gasteiger charge is 2.18. The highest BCUT2D eigenvalue weighted by atomic mass is 35.5. The summed E-state index contributed by atoms with van der Waals surface area (Å²) in [5.41, 5.74) is 2.77. The zero-order chi connectivity index (χ0) is 26.7. The summed E-state index contributed by atoms with van der Waals surface area (Å²) in [7, 11) is 0. The number of hydrogen-bond acceptors (Lipinski definition) is 7. The van der Waals surface area contributed by atoms with Gasteiger partial charge in [0.1, 0.15) is 16.9 Å². The van der Waals surface area contributed by atoms with Gasteiger partial charge in [0.15, 0.2) is 5.82 Å². The van der Waals surface area contributed by atoms with Crippen LogP contribution in [0.15, 0.2) is 48.7 Å². The first-order valence-electron chi connectivity index (χ1n) is 11.3. The number of pyridine rings is 1. The van der Waals surface area contributed by atoms with Gasteiger partial charge in [-0.1, -0.05) is 23.7 Å². The van der Waals surface area contributed by atoms with Crippen LogP contribution in [0, 0.1) is 12.7 Å². The Morgan fingerprint density at radius 3 is 2.65 bits per heavy atom. The van der Waals surface area contributed by atoms with Gasteiger partial charge in [0.05, 0.1) is 21.0 Å². The molecule has 2 aromatic heterocycles. The average molecular weight is 542 g/mol. The first-order valence-corrected chi connectivity index (χ1v) is 12.5. The summed E-state index contributed by atoms with van der Waals surface area (Å²) in [6, 6.07) is 11.0. The number of benzene rings is 2. The summed E-state index contributed by atoms with van der Waals surface area (Å²) in [5.74, 6) is -0.340. The van der Waals surface area contributed by atoms with Gasteiger partial charge in [-0.15, -0.1) is 0 Å². The van der Waals surface area contributed by atoms with Crippen molar-refractivity contribution in [3.05, 3.63) is 76.2 Å². The molecule has 192 valence electrons. The summed E-state index contributed by atoms with van der Waals surface area (Å²) >= 11 is 7.46. The quantitative estimate of drug-likeness (QED) is 0.247. The standard InChI is InChI=1S/C26H25ClFN5O3S/c1-14-5-7-16(28)12-20(14)31-23-21-22(37-33-23)19(9-10-29-21)32-24(34)17-11-15(6-8-18(17)27)13-30-25(35)36-26(2,3)4/h5-12H,13H2,1-4H3,(H,30,35)(H,31,33)(H,29,32,34). The number of halogens is 2. The molecule has 2 aromatic carbocycles. The van der Waals surface area contributed by atoms with E-state index in [9.17, 15) is 14.0 Å². The lowest BCUT2D eigenvalue weighted by atomic mass is 10.1. The van der Waals surface area contributed by atoms with Crippen molar-refractivity contribution in [3.8, 4) is 0 Å². The van der Waals surface area contributed by atoms with E-state index in [1.54, 1.807) is 57.3 Å². The Kier molecular flexibility index (Phi) is 7.60. The third kappa shape index (κ3) is 6.52.